The van der Waals surface area contributed by atoms with Crippen LogP contribution >= 0.6 is 34.4 Å². The molecule has 0 saturated carbocycles. The predicted octanol–water partition coefficient (Wildman–Crippen LogP) is 4.74. The summed E-state index contributed by atoms with van der Waals surface area (Å²) in [7, 11) is 1.28. The molecule has 0 saturated heterocycles. The zero-order valence-corrected chi connectivity index (χ0v) is 24.3. The van der Waals surface area contributed by atoms with Gasteiger partial charge in [0.05, 0.1) is 36.1 Å². The molecule has 12 nitrogen and oxygen atoms in total. The molecule has 206 valence electrons. The minimum absolute atomic E-state index is 0.0146. The van der Waals surface area contributed by atoms with E-state index in [0.717, 1.165) is 33.3 Å². The van der Waals surface area contributed by atoms with Crippen LogP contribution in [-0.4, -0.2) is 49.3 Å². The van der Waals surface area contributed by atoms with Crippen molar-refractivity contribution in [1.82, 2.24) is 20.2 Å². The third-order valence-electron chi connectivity index (χ3n) is 5.56. The first kappa shape index (κ1) is 28.8. The molecule has 4 rings (SSSR count). The fourth-order valence-corrected chi connectivity index (χ4v) is 4.76. The fraction of sp³-hybridized carbons (Fsp3) is 0.154. The van der Waals surface area contributed by atoms with E-state index in [1.165, 1.54) is 18.9 Å². The molecule has 0 aliphatic rings. The molecule has 0 spiro atoms. The molecule has 0 aliphatic carbocycles. The topological polar surface area (TPSA) is 157 Å². The highest BCUT2D eigenvalue weighted by molar-refractivity contribution is 14.1. The number of benzene rings is 3. The second-order valence-corrected chi connectivity index (χ2v) is 10.8. The van der Waals surface area contributed by atoms with Gasteiger partial charge in [0.2, 0.25) is 0 Å². The number of aromatic hydroxyl groups is 1. The highest BCUT2D eigenvalue weighted by Crippen LogP contribution is 2.33. The molecule has 14 heteroatoms. The molecule has 0 aliphatic heterocycles. The number of nitrogens with one attached hydrogen (secondary N) is 2. The van der Waals surface area contributed by atoms with Crippen LogP contribution in [0.15, 0.2) is 77.0 Å². The zero-order chi connectivity index (χ0) is 28.6. The van der Waals surface area contributed by atoms with Gasteiger partial charge in [-0.3, -0.25) is 19.5 Å². The van der Waals surface area contributed by atoms with Crippen molar-refractivity contribution >= 4 is 57.8 Å². The number of methoxy groups -OCH3 is 1. The van der Waals surface area contributed by atoms with Crippen molar-refractivity contribution in [2.75, 3.05) is 12.4 Å². The number of hydrogen-bond acceptors (Lipinski definition) is 10. The molecule has 4 aromatic rings. The average Bonchev–Trinajstić information content (AvgIpc) is 3.35. The summed E-state index contributed by atoms with van der Waals surface area (Å²) in [5.41, 5.74) is 3.90. The van der Waals surface area contributed by atoms with Gasteiger partial charge in [-0.2, -0.15) is 5.10 Å². The van der Waals surface area contributed by atoms with Crippen molar-refractivity contribution < 1.29 is 19.6 Å². The van der Waals surface area contributed by atoms with Crippen molar-refractivity contribution in [3.63, 3.8) is 0 Å². The van der Waals surface area contributed by atoms with E-state index in [1.807, 2.05) is 59.2 Å². The van der Waals surface area contributed by atoms with Crippen molar-refractivity contribution in [3.8, 4) is 17.2 Å². The molecule has 1 heterocycles. The predicted molar refractivity (Wildman–Crippen MR) is 160 cm³/mol. The lowest BCUT2D eigenvalue weighted by Gasteiger charge is -2.13. The number of halogens is 1. The van der Waals surface area contributed by atoms with Crippen molar-refractivity contribution in [3.05, 3.63) is 91.8 Å². The molecular formula is C26H24IN7O5S. The Labute approximate surface area is 247 Å². The third-order valence-corrected chi connectivity index (χ3v) is 7.32. The van der Waals surface area contributed by atoms with Crippen LogP contribution < -0.4 is 15.5 Å². The van der Waals surface area contributed by atoms with E-state index in [1.54, 1.807) is 6.92 Å². The Kier molecular flexibility index (Phi) is 9.55. The van der Waals surface area contributed by atoms with Gasteiger partial charge >= 0.3 is 0 Å². The summed E-state index contributed by atoms with van der Waals surface area (Å²) in [5, 5.41) is 37.2. The third kappa shape index (κ3) is 7.06. The summed E-state index contributed by atoms with van der Waals surface area (Å²) in [4.78, 5) is 23.3. The van der Waals surface area contributed by atoms with Crippen LogP contribution in [0.5, 0.6) is 11.5 Å². The zero-order valence-electron chi connectivity index (χ0n) is 21.3. The normalized spacial score (nSPS) is 11.8. The maximum Gasteiger partial charge on any atom is 0.274 e. The SMILES string of the molecule is COc1cc([N+](=O)[O-])cc(/C=N/NC(=O)C(C)Sc2nnc(CNc3ccc(I)cc3)n2-c2ccccc2)c1O. The molecule has 1 amide bonds. The summed E-state index contributed by atoms with van der Waals surface area (Å²) >= 11 is 3.44. The van der Waals surface area contributed by atoms with Gasteiger partial charge in [0.25, 0.3) is 11.6 Å². The number of phenols is 1. The summed E-state index contributed by atoms with van der Waals surface area (Å²) in [6.07, 6.45) is 1.11. The van der Waals surface area contributed by atoms with Crippen LogP contribution in [0.4, 0.5) is 11.4 Å². The van der Waals surface area contributed by atoms with Crippen LogP contribution in [0.2, 0.25) is 0 Å². The molecule has 0 radical (unpaired) electrons. The lowest BCUT2D eigenvalue weighted by molar-refractivity contribution is -0.385. The summed E-state index contributed by atoms with van der Waals surface area (Å²) in [6, 6.07) is 19.8. The smallest absolute Gasteiger partial charge is 0.274 e. The van der Waals surface area contributed by atoms with Crippen molar-refractivity contribution in [1.29, 1.82) is 0 Å². The Balaban J connectivity index is 1.48. The van der Waals surface area contributed by atoms with Gasteiger partial charge in [-0.15, -0.1) is 10.2 Å². The van der Waals surface area contributed by atoms with E-state index in [0.29, 0.717) is 17.5 Å². The van der Waals surface area contributed by atoms with Crippen LogP contribution in [0.3, 0.4) is 0 Å². The number of rotatable bonds is 11. The standard InChI is InChI=1S/C26H24IN7O5S/c1-16(25(36)31-29-14-17-12-21(34(37)38)13-22(39-2)24(17)35)40-26-32-30-23(33(26)20-6-4-3-5-7-20)15-28-19-10-8-18(27)9-11-19/h3-14,16,28,35H,15H2,1-2H3,(H,31,36)/b29-14+. The van der Waals surface area contributed by atoms with Crippen LogP contribution in [0.1, 0.15) is 18.3 Å². The highest BCUT2D eigenvalue weighted by Gasteiger charge is 2.21. The van der Waals surface area contributed by atoms with Crippen molar-refractivity contribution in [2.45, 2.75) is 23.9 Å². The Hall–Kier alpha value is -4.18. The number of phenolic OH excluding ortho intramolecular Hbond substituents is 1. The number of ether oxygens (including phenoxy) is 1. The van der Waals surface area contributed by atoms with Crippen molar-refractivity contribution in [2.24, 2.45) is 5.10 Å². The molecule has 3 aromatic carbocycles. The van der Waals surface area contributed by atoms with E-state index in [4.69, 9.17) is 4.74 Å². The Morgan fingerprint density at radius 3 is 2.62 bits per heavy atom. The highest BCUT2D eigenvalue weighted by atomic mass is 127. The van der Waals surface area contributed by atoms with Gasteiger partial charge < -0.3 is 15.2 Å². The number of nitro benzene ring substituents is 1. The lowest BCUT2D eigenvalue weighted by Crippen LogP contribution is -2.27. The minimum atomic E-state index is -0.630. The van der Waals surface area contributed by atoms with E-state index in [-0.39, 0.29) is 22.7 Å². The molecule has 3 N–H and O–H groups in total. The number of hydrazone groups is 1. The number of nitrogens with zero attached hydrogens (tertiary/aromatic N) is 5. The molecular weight excluding hydrogens is 649 g/mol. The van der Waals surface area contributed by atoms with E-state index in [9.17, 15) is 20.0 Å². The van der Waals surface area contributed by atoms with Crippen LogP contribution in [-0.2, 0) is 11.3 Å². The number of carbonyl (C=O) groups excluding carboxylic acids is 1. The maximum atomic E-state index is 12.8. The van der Waals surface area contributed by atoms with E-state index in [2.05, 4.69) is 48.6 Å². The number of para-hydroxylation sites is 1. The minimum Gasteiger partial charge on any atom is -0.504 e. The van der Waals surface area contributed by atoms with Gasteiger partial charge in [-0.25, -0.2) is 5.43 Å². The Morgan fingerprint density at radius 1 is 1.23 bits per heavy atom. The summed E-state index contributed by atoms with van der Waals surface area (Å²) in [6.45, 7) is 2.10. The van der Waals surface area contributed by atoms with Gasteiger partial charge in [0.15, 0.2) is 22.5 Å². The quantitative estimate of drug-likeness (QED) is 0.0673. The number of non-ortho nitro benzene ring substituents is 1. The van der Waals surface area contributed by atoms with Gasteiger partial charge in [-0.1, -0.05) is 30.0 Å². The first-order chi connectivity index (χ1) is 19.3. The number of nitro groups is 1. The maximum absolute atomic E-state index is 12.8. The lowest BCUT2D eigenvalue weighted by atomic mass is 10.2. The Bertz CT molecular complexity index is 1530. The van der Waals surface area contributed by atoms with E-state index < -0.39 is 16.1 Å². The van der Waals surface area contributed by atoms with Gasteiger partial charge in [0, 0.05) is 26.6 Å². The summed E-state index contributed by atoms with van der Waals surface area (Å²) < 4.78 is 7.99. The number of aromatic nitrogens is 3. The first-order valence-electron chi connectivity index (χ1n) is 11.8. The molecule has 1 aromatic heterocycles. The largest absolute Gasteiger partial charge is 0.504 e. The second-order valence-electron chi connectivity index (χ2n) is 8.27. The monoisotopic (exact) mass is 673 g/mol. The first-order valence-corrected chi connectivity index (χ1v) is 13.8. The van der Waals surface area contributed by atoms with Gasteiger partial charge in [-0.05, 0) is 65.9 Å². The molecule has 0 fully saturated rings. The Morgan fingerprint density at radius 2 is 1.95 bits per heavy atom. The van der Waals surface area contributed by atoms with Crippen LogP contribution in [0, 0.1) is 13.7 Å². The van der Waals surface area contributed by atoms with Gasteiger partial charge in [0.1, 0.15) is 0 Å². The molecule has 40 heavy (non-hydrogen) atoms. The number of amides is 1. The molecule has 1 atom stereocenters. The summed E-state index contributed by atoms with van der Waals surface area (Å²) in [5.74, 6) is -0.207. The number of anilines is 1. The number of thioether (sulfide) groups is 1. The number of carbonyl (C=O) groups is 1. The molecule has 0 bridgehead atoms. The number of hydrogen-bond donors (Lipinski definition) is 3. The van der Waals surface area contributed by atoms with E-state index >= 15 is 0 Å². The van der Waals surface area contributed by atoms with Crippen LogP contribution in [0.25, 0.3) is 5.69 Å². The fourth-order valence-electron chi connectivity index (χ4n) is 3.52. The second kappa shape index (κ2) is 13.3. The average molecular weight is 673 g/mol. The molecule has 1 unspecified atom stereocenters.